The minimum absolute atomic E-state index is 0.212. The summed E-state index contributed by atoms with van der Waals surface area (Å²) in [5, 5.41) is 8.72. The van der Waals surface area contributed by atoms with Crippen LogP contribution in [0, 0.1) is 12.8 Å². The van der Waals surface area contributed by atoms with Gasteiger partial charge in [0.05, 0.1) is 5.92 Å². The van der Waals surface area contributed by atoms with Crippen molar-refractivity contribution < 1.29 is 14.1 Å². The average molecular weight is 240 g/mol. The van der Waals surface area contributed by atoms with Gasteiger partial charge in [0.1, 0.15) is 0 Å². The summed E-state index contributed by atoms with van der Waals surface area (Å²) in [4.78, 5) is 10.6. The number of carboxylic acids is 1. The van der Waals surface area contributed by atoms with Crippen LogP contribution >= 0.6 is 0 Å². The zero-order chi connectivity index (χ0) is 12.1. The summed E-state index contributed by atoms with van der Waals surface area (Å²) in [5.74, 6) is -0.795. The molecule has 0 heterocycles. The maximum atomic E-state index is 11.7. The fourth-order valence-corrected chi connectivity index (χ4v) is 2.84. The van der Waals surface area contributed by atoms with Crippen LogP contribution in [0.4, 0.5) is 0 Å². The molecule has 4 heteroatoms. The summed E-state index contributed by atoms with van der Waals surface area (Å²) >= 11 is 0. The molecule has 0 saturated heterocycles. The van der Waals surface area contributed by atoms with Crippen molar-refractivity contribution in [2.75, 3.05) is 5.75 Å². The van der Waals surface area contributed by atoms with Gasteiger partial charge in [0.15, 0.2) is 0 Å². The van der Waals surface area contributed by atoms with E-state index < -0.39 is 22.7 Å². The van der Waals surface area contributed by atoms with Gasteiger partial charge in [-0.15, -0.1) is 0 Å². The highest BCUT2D eigenvalue weighted by Gasteiger charge is 2.15. The second-order valence-corrected chi connectivity index (χ2v) is 5.42. The molecule has 0 aliphatic carbocycles. The van der Waals surface area contributed by atoms with E-state index in [2.05, 4.69) is 0 Å². The van der Waals surface area contributed by atoms with Crippen molar-refractivity contribution in [2.45, 2.75) is 19.6 Å². The Labute approximate surface area is 98.0 Å². The van der Waals surface area contributed by atoms with E-state index in [-0.39, 0.29) is 5.75 Å². The van der Waals surface area contributed by atoms with E-state index in [4.69, 9.17) is 5.11 Å². The zero-order valence-electron chi connectivity index (χ0n) is 9.47. The highest BCUT2D eigenvalue weighted by Crippen LogP contribution is 2.11. The van der Waals surface area contributed by atoms with Crippen LogP contribution < -0.4 is 0 Å². The largest absolute Gasteiger partial charge is 0.481 e. The van der Waals surface area contributed by atoms with Gasteiger partial charge in [0, 0.05) is 22.3 Å². The zero-order valence-corrected chi connectivity index (χ0v) is 10.3. The number of hydrogen-bond donors (Lipinski definition) is 1. The first-order chi connectivity index (χ1) is 7.50. The fourth-order valence-electron chi connectivity index (χ4n) is 1.35. The van der Waals surface area contributed by atoms with E-state index in [9.17, 15) is 9.00 Å². The normalized spacial score (nSPS) is 14.4. The third-order valence-corrected chi connectivity index (χ3v) is 3.94. The number of benzene rings is 1. The molecule has 2 unspecified atom stereocenters. The number of carbonyl (C=O) groups is 1. The highest BCUT2D eigenvalue weighted by atomic mass is 32.2. The monoisotopic (exact) mass is 240 g/mol. The van der Waals surface area contributed by atoms with Crippen molar-refractivity contribution in [1.82, 2.24) is 0 Å². The molecule has 1 rings (SSSR count). The average Bonchev–Trinajstić information content (AvgIpc) is 2.21. The minimum Gasteiger partial charge on any atom is -0.481 e. The molecular formula is C12H16O3S. The lowest BCUT2D eigenvalue weighted by Crippen LogP contribution is -2.18. The molecule has 0 amide bonds. The predicted octanol–water partition coefficient (Wildman–Crippen LogP) is 1.96. The summed E-state index contributed by atoms with van der Waals surface area (Å²) < 4.78 is 11.7. The third kappa shape index (κ3) is 3.77. The van der Waals surface area contributed by atoms with Gasteiger partial charge < -0.3 is 5.11 Å². The van der Waals surface area contributed by atoms with Gasteiger partial charge in [0.25, 0.3) is 0 Å². The van der Waals surface area contributed by atoms with Gasteiger partial charge >= 0.3 is 5.97 Å². The quantitative estimate of drug-likeness (QED) is 0.856. The molecular weight excluding hydrogens is 224 g/mol. The van der Waals surface area contributed by atoms with Crippen LogP contribution in [0.2, 0.25) is 0 Å². The van der Waals surface area contributed by atoms with Crippen molar-refractivity contribution in [2.24, 2.45) is 5.92 Å². The molecule has 0 spiro atoms. The standard InChI is InChI=1S/C12H16O3S/c1-9-5-3-4-6-11(9)8-16(15)7-10(2)12(13)14/h3-6,10H,7-8H2,1-2H3,(H,13,14). The van der Waals surface area contributed by atoms with E-state index in [1.807, 2.05) is 31.2 Å². The van der Waals surface area contributed by atoms with Crippen molar-refractivity contribution in [3.05, 3.63) is 35.4 Å². The first-order valence-electron chi connectivity index (χ1n) is 5.13. The van der Waals surface area contributed by atoms with Crippen LogP contribution in [0.15, 0.2) is 24.3 Å². The number of hydrogen-bond acceptors (Lipinski definition) is 2. The molecule has 0 saturated carbocycles. The van der Waals surface area contributed by atoms with Crippen LogP contribution in [0.5, 0.6) is 0 Å². The molecule has 1 aromatic rings. The SMILES string of the molecule is Cc1ccccc1CS(=O)CC(C)C(=O)O. The second kappa shape index (κ2) is 5.80. The van der Waals surface area contributed by atoms with Crippen LogP contribution in [-0.4, -0.2) is 21.0 Å². The van der Waals surface area contributed by atoms with Gasteiger partial charge in [0.2, 0.25) is 0 Å². The Balaban J connectivity index is 2.59. The molecule has 16 heavy (non-hydrogen) atoms. The maximum Gasteiger partial charge on any atom is 0.307 e. The summed E-state index contributed by atoms with van der Waals surface area (Å²) in [6, 6.07) is 7.73. The van der Waals surface area contributed by atoms with Crippen molar-refractivity contribution >= 4 is 16.8 Å². The Morgan fingerprint density at radius 3 is 2.62 bits per heavy atom. The van der Waals surface area contributed by atoms with Crippen LogP contribution in [0.25, 0.3) is 0 Å². The van der Waals surface area contributed by atoms with E-state index in [0.717, 1.165) is 11.1 Å². The second-order valence-electron chi connectivity index (χ2n) is 3.92. The molecule has 88 valence electrons. The molecule has 1 aromatic carbocycles. The lowest BCUT2D eigenvalue weighted by atomic mass is 10.1. The van der Waals surface area contributed by atoms with Crippen LogP contribution in [0.1, 0.15) is 18.1 Å². The smallest absolute Gasteiger partial charge is 0.307 e. The van der Waals surface area contributed by atoms with Gasteiger partial charge in [-0.2, -0.15) is 0 Å². The topological polar surface area (TPSA) is 54.4 Å². The van der Waals surface area contributed by atoms with Gasteiger partial charge in [-0.05, 0) is 18.1 Å². The number of aliphatic carboxylic acids is 1. The van der Waals surface area contributed by atoms with Crippen LogP contribution in [-0.2, 0) is 21.3 Å². The molecule has 3 nitrogen and oxygen atoms in total. The Morgan fingerprint density at radius 1 is 1.44 bits per heavy atom. The molecule has 0 aliphatic heterocycles. The van der Waals surface area contributed by atoms with Gasteiger partial charge in [-0.3, -0.25) is 9.00 Å². The number of carboxylic acid groups (broad SMARTS) is 1. The van der Waals surface area contributed by atoms with Crippen LogP contribution in [0.3, 0.4) is 0 Å². The third-order valence-electron chi connectivity index (χ3n) is 2.44. The minimum atomic E-state index is -1.11. The molecule has 0 bridgehead atoms. The Hall–Kier alpha value is -1.16. The number of aryl methyl sites for hydroxylation is 1. The first-order valence-corrected chi connectivity index (χ1v) is 6.61. The van der Waals surface area contributed by atoms with E-state index >= 15 is 0 Å². The molecule has 0 aliphatic rings. The van der Waals surface area contributed by atoms with E-state index in [1.54, 1.807) is 6.92 Å². The Kier molecular flexibility index (Phi) is 4.68. The fraction of sp³-hybridized carbons (Fsp3) is 0.417. The Morgan fingerprint density at radius 2 is 2.06 bits per heavy atom. The Bertz CT molecular complexity index is 401. The first kappa shape index (κ1) is 12.9. The van der Waals surface area contributed by atoms with Crippen molar-refractivity contribution in [3.63, 3.8) is 0 Å². The molecule has 0 fully saturated rings. The molecule has 2 atom stereocenters. The summed E-state index contributed by atoms with van der Waals surface area (Å²) in [5.41, 5.74) is 2.12. The predicted molar refractivity (Wildman–Crippen MR) is 64.7 cm³/mol. The van der Waals surface area contributed by atoms with Gasteiger partial charge in [-0.25, -0.2) is 0 Å². The van der Waals surface area contributed by atoms with E-state index in [0.29, 0.717) is 5.75 Å². The van der Waals surface area contributed by atoms with Gasteiger partial charge in [-0.1, -0.05) is 31.2 Å². The summed E-state index contributed by atoms with van der Waals surface area (Å²) in [6.07, 6.45) is 0. The number of rotatable bonds is 5. The summed E-state index contributed by atoms with van der Waals surface area (Å²) in [6.45, 7) is 3.55. The van der Waals surface area contributed by atoms with Crippen molar-refractivity contribution in [3.8, 4) is 0 Å². The lowest BCUT2D eigenvalue weighted by Gasteiger charge is -2.08. The molecule has 0 aromatic heterocycles. The maximum absolute atomic E-state index is 11.7. The molecule has 0 radical (unpaired) electrons. The van der Waals surface area contributed by atoms with Crippen molar-refractivity contribution in [1.29, 1.82) is 0 Å². The lowest BCUT2D eigenvalue weighted by molar-refractivity contribution is -0.140. The molecule has 1 N–H and O–H groups in total. The highest BCUT2D eigenvalue weighted by molar-refractivity contribution is 7.84. The summed E-state index contributed by atoms with van der Waals surface area (Å²) in [7, 11) is -1.11. The van der Waals surface area contributed by atoms with E-state index in [1.165, 1.54) is 0 Å².